The van der Waals surface area contributed by atoms with E-state index in [1.165, 1.54) is 11.6 Å². The van der Waals surface area contributed by atoms with E-state index in [9.17, 15) is 4.39 Å². The topological polar surface area (TPSA) is 49.2 Å². The van der Waals surface area contributed by atoms with Crippen molar-refractivity contribution in [2.75, 3.05) is 24.6 Å². The first-order valence-electron chi connectivity index (χ1n) is 11.8. The number of hydrogen-bond acceptors (Lipinski definition) is 4. The maximum absolute atomic E-state index is 14.7. The second-order valence-corrected chi connectivity index (χ2v) is 8.62. The van der Waals surface area contributed by atoms with Gasteiger partial charge in [0, 0.05) is 30.8 Å². The molecule has 4 nitrogen and oxygen atoms in total. The molecule has 0 aliphatic carbocycles. The maximum atomic E-state index is 14.7. The summed E-state index contributed by atoms with van der Waals surface area (Å²) in [4.78, 5) is 12.4. The summed E-state index contributed by atoms with van der Waals surface area (Å²) in [6.45, 7) is 4.27. The highest BCUT2D eigenvalue weighted by Gasteiger charge is 2.24. The first kappa shape index (κ1) is 22.4. The third kappa shape index (κ3) is 5.16. The molecule has 2 heterocycles. The Balaban J connectivity index is 1.68. The predicted molar refractivity (Wildman–Crippen MR) is 128 cm³/mol. The van der Waals surface area contributed by atoms with Gasteiger partial charge in [-0.05, 0) is 44.7 Å². The monoisotopic (exact) mass is 433 g/mol. The van der Waals surface area contributed by atoms with Gasteiger partial charge in [0.2, 0.25) is 0 Å². The van der Waals surface area contributed by atoms with Gasteiger partial charge in [0.15, 0.2) is 5.82 Å². The van der Waals surface area contributed by atoms with Crippen molar-refractivity contribution < 1.29 is 9.50 Å². The van der Waals surface area contributed by atoms with Crippen molar-refractivity contribution >= 4 is 5.82 Å². The van der Waals surface area contributed by atoms with Crippen LogP contribution in [0.1, 0.15) is 49.8 Å². The lowest BCUT2D eigenvalue weighted by Gasteiger charge is -2.30. The minimum atomic E-state index is -0.273. The SMILES string of the molecule is Cc1ccc(-c2nc3c(nc2-c2ccccc2F)CCCN3CCCCCCCO)cc1. The first-order chi connectivity index (χ1) is 15.7. The van der Waals surface area contributed by atoms with Gasteiger partial charge in [0.25, 0.3) is 0 Å². The largest absolute Gasteiger partial charge is 0.396 e. The smallest absolute Gasteiger partial charge is 0.151 e. The van der Waals surface area contributed by atoms with E-state index < -0.39 is 0 Å². The zero-order chi connectivity index (χ0) is 22.3. The standard InChI is InChI=1S/C27H32FN3O/c1-20-13-15-21(16-14-20)25-26(22-10-5-6-11-23(22)28)29-24-12-9-18-31(27(24)30-25)17-7-3-2-4-8-19-32/h5-6,10-11,13-16,32H,2-4,7-9,12,17-19H2,1H3. The van der Waals surface area contributed by atoms with Gasteiger partial charge < -0.3 is 10.0 Å². The molecule has 32 heavy (non-hydrogen) atoms. The van der Waals surface area contributed by atoms with Gasteiger partial charge >= 0.3 is 0 Å². The summed E-state index contributed by atoms with van der Waals surface area (Å²) >= 11 is 0. The van der Waals surface area contributed by atoms with Crippen LogP contribution in [0, 0.1) is 12.7 Å². The van der Waals surface area contributed by atoms with Crippen LogP contribution in [0.25, 0.3) is 22.5 Å². The number of aliphatic hydroxyl groups excluding tert-OH is 1. The van der Waals surface area contributed by atoms with Crippen LogP contribution in [0.5, 0.6) is 0 Å². The van der Waals surface area contributed by atoms with E-state index in [4.69, 9.17) is 15.1 Å². The molecule has 0 fully saturated rings. The van der Waals surface area contributed by atoms with Crippen LogP contribution in [0.2, 0.25) is 0 Å². The summed E-state index contributed by atoms with van der Waals surface area (Å²) in [5, 5.41) is 8.95. The van der Waals surface area contributed by atoms with E-state index >= 15 is 0 Å². The van der Waals surface area contributed by atoms with Gasteiger partial charge in [0.1, 0.15) is 5.82 Å². The van der Waals surface area contributed by atoms with Crippen LogP contribution >= 0.6 is 0 Å². The fourth-order valence-electron chi connectivity index (χ4n) is 4.34. The molecular weight excluding hydrogens is 401 g/mol. The normalized spacial score (nSPS) is 13.3. The number of nitrogens with zero attached hydrogens (tertiary/aromatic N) is 3. The van der Waals surface area contributed by atoms with Crippen LogP contribution < -0.4 is 4.90 Å². The molecule has 1 aromatic heterocycles. The molecule has 0 atom stereocenters. The minimum Gasteiger partial charge on any atom is -0.396 e. The number of halogens is 1. The van der Waals surface area contributed by atoms with Crippen molar-refractivity contribution in [1.82, 2.24) is 9.97 Å². The molecule has 0 saturated carbocycles. The number of benzene rings is 2. The second-order valence-electron chi connectivity index (χ2n) is 8.62. The van der Waals surface area contributed by atoms with Crippen LogP contribution in [0.4, 0.5) is 10.2 Å². The Morgan fingerprint density at radius 3 is 2.44 bits per heavy atom. The predicted octanol–water partition coefficient (Wildman–Crippen LogP) is 5.95. The lowest BCUT2D eigenvalue weighted by Crippen LogP contribution is -2.32. The van der Waals surface area contributed by atoms with Crippen molar-refractivity contribution in [1.29, 1.82) is 0 Å². The summed E-state index contributed by atoms with van der Waals surface area (Å²) < 4.78 is 14.7. The summed E-state index contributed by atoms with van der Waals surface area (Å²) in [5.74, 6) is 0.674. The van der Waals surface area contributed by atoms with E-state index in [-0.39, 0.29) is 12.4 Å². The second kappa shape index (κ2) is 10.7. The molecule has 168 valence electrons. The highest BCUT2D eigenvalue weighted by Crippen LogP contribution is 2.35. The molecule has 1 aliphatic rings. The minimum absolute atomic E-state index is 0.273. The molecule has 0 radical (unpaired) electrons. The van der Waals surface area contributed by atoms with Gasteiger partial charge in [-0.1, -0.05) is 61.2 Å². The Bertz CT molecular complexity index is 1040. The van der Waals surface area contributed by atoms with Crippen LogP contribution in [-0.2, 0) is 6.42 Å². The average molecular weight is 434 g/mol. The quantitative estimate of drug-likeness (QED) is 0.424. The van der Waals surface area contributed by atoms with Crippen molar-refractivity contribution in [2.45, 2.75) is 51.9 Å². The molecule has 0 bridgehead atoms. The third-order valence-electron chi connectivity index (χ3n) is 6.13. The van der Waals surface area contributed by atoms with Gasteiger partial charge in [-0.3, -0.25) is 0 Å². The highest BCUT2D eigenvalue weighted by molar-refractivity contribution is 5.80. The summed E-state index contributed by atoms with van der Waals surface area (Å²) in [6.07, 6.45) is 7.26. The summed E-state index contributed by atoms with van der Waals surface area (Å²) in [5.41, 5.74) is 4.96. The molecule has 0 saturated heterocycles. The fraction of sp³-hybridized carbons (Fsp3) is 0.407. The van der Waals surface area contributed by atoms with Crippen molar-refractivity contribution in [2.24, 2.45) is 0 Å². The number of aliphatic hydroxyl groups is 1. The van der Waals surface area contributed by atoms with E-state index in [1.54, 1.807) is 12.1 Å². The molecule has 3 aromatic rings. The fourth-order valence-corrected chi connectivity index (χ4v) is 4.34. The number of aryl methyl sites for hydroxylation is 2. The Morgan fingerprint density at radius 1 is 0.906 bits per heavy atom. The molecule has 2 aromatic carbocycles. The molecule has 0 unspecified atom stereocenters. The number of rotatable bonds is 9. The van der Waals surface area contributed by atoms with Gasteiger partial charge in [-0.25, -0.2) is 14.4 Å². The van der Waals surface area contributed by atoms with Gasteiger partial charge in [-0.15, -0.1) is 0 Å². The van der Waals surface area contributed by atoms with E-state index in [0.717, 1.165) is 80.8 Å². The molecule has 1 N–H and O–H groups in total. The number of unbranched alkanes of at least 4 members (excludes halogenated alkanes) is 4. The van der Waals surface area contributed by atoms with Crippen LogP contribution in [-0.4, -0.2) is 34.8 Å². The lowest BCUT2D eigenvalue weighted by molar-refractivity contribution is 0.282. The number of aromatic nitrogens is 2. The van der Waals surface area contributed by atoms with Crippen LogP contribution in [0.3, 0.4) is 0 Å². The van der Waals surface area contributed by atoms with Crippen molar-refractivity contribution in [3.8, 4) is 22.5 Å². The zero-order valence-electron chi connectivity index (χ0n) is 18.9. The lowest BCUT2D eigenvalue weighted by atomic mass is 10.0. The number of hydrogen-bond donors (Lipinski definition) is 1. The molecule has 1 aliphatic heterocycles. The average Bonchev–Trinajstić information content (AvgIpc) is 2.81. The first-order valence-corrected chi connectivity index (χ1v) is 11.8. The number of fused-ring (bicyclic) bond motifs is 1. The van der Waals surface area contributed by atoms with Crippen molar-refractivity contribution in [3.05, 3.63) is 65.6 Å². The Morgan fingerprint density at radius 2 is 1.66 bits per heavy atom. The Hall–Kier alpha value is -2.79. The maximum Gasteiger partial charge on any atom is 0.151 e. The number of anilines is 1. The summed E-state index contributed by atoms with van der Waals surface area (Å²) in [6, 6.07) is 15.0. The molecule has 0 amide bonds. The Kier molecular flexibility index (Phi) is 7.48. The molecule has 4 rings (SSSR count). The third-order valence-corrected chi connectivity index (χ3v) is 6.13. The zero-order valence-corrected chi connectivity index (χ0v) is 18.9. The van der Waals surface area contributed by atoms with Crippen LogP contribution in [0.15, 0.2) is 48.5 Å². The van der Waals surface area contributed by atoms with Gasteiger partial charge in [-0.2, -0.15) is 0 Å². The Labute approximate surface area is 190 Å². The highest BCUT2D eigenvalue weighted by atomic mass is 19.1. The molecular formula is C27H32FN3O. The van der Waals surface area contributed by atoms with E-state index in [0.29, 0.717) is 11.3 Å². The van der Waals surface area contributed by atoms with E-state index in [1.807, 2.05) is 18.2 Å². The molecule has 0 spiro atoms. The van der Waals surface area contributed by atoms with Crippen molar-refractivity contribution in [3.63, 3.8) is 0 Å². The molecule has 5 heteroatoms. The van der Waals surface area contributed by atoms with Gasteiger partial charge in [0.05, 0.1) is 17.1 Å². The summed E-state index contributed by atoms with van der Waals surface area (Å²) in [7, 11) is 0. The van der Waals surface area contributed by atoms with E-state index in [2.05, 4.69) is 24.0 Å².